The summed E-state index contributed by atoms with van der Waals surface area (Å²) in [6, 6.07) is 8.21. The summed E-state index contributed by atoms with van der Waals surface area (Å²) in [5.74, 6) is 0.0496. The van der Waals surface area contributed by atoms with E-state index in [1.807, 2.05) is 32.9 Å². The molecular weight excluding hydrogens is 212 g/mol. The Bertz CT molecular complexity index is 374. The largest absolute Gasteiger partial charge is 0.353 e. The van der Waals surface area contributed by atoms with E-state index >= 15 is 0 Å². The predicted molar refractivity (Wildman–Crippen MR) is 70.8 cm³/mol. The van der Waals surface area contributed by atoms with Crippen molar-refractivity contribution < 1.29 is 4.79 Å². The molecule has 2 N–H and O–H groups in total. The van der Waals surface area contributed by atoms with Crippen LogP contribution in [0.3, 0.4) is 0 Å². The standard InChI is InChI=1S/C14H22N2O/c1-10(2)16-14(17)12(4)15-9-13-8-6-5-7-11(13)3/h5-8,10,12,15H,9H2,1-4H3,(H,16,17). The Balaban J connectivity index is 2.46. The lowest BCUT2D eigenvalue weighted by Gasteiger charge is -2.16. The second-order valence-electron chi connectivity index (χ2n) is 4.69. The molecule has 0 radical (unpaired) electrons. The lowest BCUT2D eigenvalue weighted by atomic mass is 10.1. The first-order valence-corrected chi connectivity index (χ1v) is 6.09. The lowest BCUT2D eigenvalue weighted by Crippen LogP contribution is -2.44. The summed E-state index contributed by atoms with van der Waals surface area (Å²) >= 11 is 0. The first-order chi connectivity index (χ1) is 8.00. The van der Waals surface area contributed by atoms with E-state index in [2.05, 4.69) is 29.7 Å². The molecule has 0 aliphatic heterocycles. The quantitative estimate of drug-likeness (QED) is 0.818. The number of carbonyl (C=O) groups excluding carboxylic acids is 1. The molecule has 1 amide bonds. The number of benzene rings is 1. The molecule has 3 heteroatoms. The highest BCUT2D eigenvalue weighted by molar-refractivity contribution is 5.81. The van der Waals surface area contributed by atoms with Gasteiger partial charge in [-0.25, -0.2) is 0 Å². The zero-order valence-electron chi connectivity index (χ0n) is 11.1. The Hall–Kier alpha value is -1.35. The molecule has 1 unspecified atom stereocenters. The number of aryl methyl sites for hydroxylation is 1. The van der Waals surface area contributed by atoms with Crippen LogP contribution >= 0.6 is 0 Å². The fraction of sp³-hybridized carbons (Fsp3) is 0.500. The molecule has 1 rings (SSSR count). The van der Waals surface area contributed by atoms with Crippen LogP contribution in [0.4, 0.5) is 0 Å². The molecule has 0 saturated heterocycles. The van der Waals surface area contributed by atoms with Crippen LogP contribution in [0.5, 0.6) is 0 Å². The van der Waals surface area contributed by atoms with E-state index in [4.69, 9.17) is 0 Å². The van der Waals surface area contributed by atoms with Crippen molar-refractivity contribution in [3.8, 4) is 0 Å². The van der Waals surface area contributed by atoms with E-state index in [1.54, 1.807) is 0 Å². The average Bonchev–Trinajstić information content (AvgIpc) is 2.26. The zero-order chi connectivity index (χ0) is 12.8. The number of carbonyl (C=O) groups is 1. The number of hydrogen-bond acceptors (Lipinski definition) is 2. The second-order valence-corrected chi connectivity index (χ2v) is 4.69. The summed E-state index contributed by atoms with van der Waals surface area (Å²) in [6.45, 7) is 8.61. The van der Waals surface area contributed by atoms with Crippen LogP contribution in [0.1, 0.15) is 31.9 Å². The van der Waals surface area contributed by atoms with Crippen molar-refractivity contribution in [3.63, 3.8) is 0 Å². The SMILES string of the molecule is Cc1ccccc1CNC(C)C(=O)NC(C)C. The average molecular weight is 234 g/mol. The highest BCUT2D eigenvalue weighted by atomic mass is 16.2. The van der Waals surface area contributed by atoms with Gasteiger partial charge in [-0.15, -0.1) is 0 Å². The second kappa shape index (κ2) is 6.40. The van der Waals surface area contributed by atoms with Crippen molar-refractivity contribution in [2.75, 3.05) is 0 Å². The van der Waals surface area contributed by atoms with Gasteiger partial charge >= 0.3 is 0 Å². The minimum Gasteiger partial charge on any atom is -0.353 e. The Morgan fingerprint density at radius 1 is 1.24 bits per heavy atom. The van der Waals surface area contributed by atoms with Crippen LogP contribution in [0.25, 0.3) is 0 Å². The molecule has 94 valence electrons. The first kappa shape index (κ1) is 13.7. The van der Waals surface area contributed by atoms with Crippen molar-refractivity contribution >= 4 is 5.91 Å². The van der Waals surface area contributed by atoms with Crippen LogP contribution in [-0.2, 0) is 11.3 Å². The number of hydrogen-bond donors (Lipinski definition) is 2. The van der Waals surface area contributed by atoms with E-state index in [0.29, 0.717) is 0 Å². The van der Waals surface area contributed by atoms with Crippen molar-refractivity contribution in [2.24, 2.45) is 0 Å². The summed E-state index contributed by atoms with van der Waals surface area (Å²) in [4.78, 5) is 11.7. The van der Waals surface area contributed by atoms with Gasteiger partial charge in [0.2, 0.25) is 5.91 Å². The van der Waals surface area contributed by atoms with Crippen molar-refractivity contribution in [1.82, 2.24) is 10.6 Å². The van der Waals surface area contributed by atoms with Gasteiger partial charge < -0.3 is 10.6 Å². The molecule has 0 spiro atoms. The maximum Gasteiger partial charge on any atom is 0.237 e. The van der Waals surface area contributed by atoms with Crippen molar-refractivity contribution in [1.29, 1.82) is 0 Å². The number of nitrogens with one attached hydrogen (secondary N) is 2. The van der Waals surface area contributed by atoms with Crippen LogP contribution in [0.15, 0.2) is 24.3 Å². The van der Waals surface area contributed by atoms with E-state index < -0.39 is 0 Å². The summed E-state index contributed by atoms with van der Waals surface area (Å²) < 4.78 is 0. The van der Waals surface area contributed by atoms with Gasteiger partial charge in [-0.1, -0.05) is 24.3 Å². The topological polar surface area (TPSA) is 41.1 Å². The molecule has 1 aromatic carbocycles. The highest BCUT2D eigenvalue weighted by Gasteiger charge is 2.12. The summed E-state index contributed by atoms with van der Waals surface area (Å²) in [7, 11) is 0. The Morgan fingerprint density at radius 2 is 1.88 bits per heavy atom. The van der Waals surface area contributed by atoms with E-state index in [9.17, 15) is 4.79 Å². The summed E-state index contributed by atoms with van der Waals surface area (Å²) in [5, 5.41) is 6.12. The third-order valence-electron chi connectivity index (χ3n) is 2.68. The van der Waals surface area contributed by atoms with E-state index in [1.165, 1.54) is 11.1 Å². The molecule has 1 atom stereocenters. The Labute approximate surface area is 104 Å². The summed E-state index contributed by atoms with van der Waals surface area (Å²) in [5.41, 5.74) is 2.48. The monoisotopic (exact) mass is 234 g/mol. The van der Waals surface area contributed by atoms with Gasteiger partial charge in [-0.05, 0) is 38.8 Å². The Kier molecular flexibility index (Phi) is 5.16. The fourth-order valence-electron chi connectivity index (χ4n) is 1.57. The minimum atomic E-state index is -0.169. The van der Waals surface area contributed by atoms with Gasteiger partial charge in [-0.3, -0.25) is 4.79 Å². The third-order valence-corrected chi connectivity index (χ3v) is 2.68. The smallest absolute Gasteiger partial charge is 0.237 e. The molecule has 0 aliphatic carbocycles. The van der Waals surface area contributed by atoms with Crippen LogP contribution in [-0.4, -0.2) is 18.0 Å². The zero-order valence-corrected chi connectivity index (χ0v) is 11.1. The first-order valence-electron chi connectivity index (χ1n) is 6.09. The van der Waals surface area contributed by atoms with E-state index in [0.717, 1.165) is 6.54 Å². The predicted octanol–water partition coefficient (Wildman–Crippen LogP) is 2.00. The fourth-order valence-corrected chi connectivity index (χ4v) is 1.57. The van der Waals surface area contributed by atoms with Crippen LogP contribution in [0.2, 0.25) is 0 Å². The molecule has 0 saturated carbocycles. The van der Waals surface area contributed by atoms with E-state index in [-0.39, 0.29) is 18.0 Å². The van der Waals surface area contributed by atoms with Crippen LogP contribution < -0.4 is 10.6 Å². The number of amides is 1. The number of rotatable bonds is 5. The lowest BCUT2D eigenvalue weighted by molar-refractivity contribution is -0.123. The molecule has 0 heterocycles. The van der Waals surface area contributed by atoms with Crippen molar-refractivity contribution in [3.05, 3.63) is 35.4 Å². The molecule has 0 aliphatic rings. The van der Waals surface area contributed by atoms with Gasteiger partial charge in [0.05, 0.1) is 6.04 Å². The molecule has 0 fully saturated rings. The Morgan fingerprint density at radius 3 is 2.47 bits per heavy atom. The molecule has 3 nitrogen and oxygen atoms in total. The molecule has 0 bridgehead atoms. The van der Waals surface area contributed by atoms with Gasteiger partial charge in [0.15, 0.2) is 0 Å². The van der Waals surface area contributed by atoms with Crippen molar-refractivity contribution in [2.45, 2.75) is 46.3 Å². The highest BCUT2D eigenvalue weighted by Crippen LogP contribution is 2.06. The normalized spacial score (nSPS) is 12.5. The molecule has 1 aromatic rings. The maximum atomic E-state index is 11.7. The molecule has 0 aromatic heterocycles. The maximum absolute atomic E-state index is 11.7. The van der Waals surface area contributed by atoms with Gasteiger partial charge in [-0.2, -0.15) is 0 Å². The minimum absolute atomic E-state index is 0.0496. The molecule has 17 heavy (non-hydrogen) atoms. The summed E-state index contributed by atoms with van der Waals surface area (Å²) in [6.07, 6.45) is 0. The van der Waals surface area contributed by atoms with Gasteiger partial charge in [0.25, 0.3) is 0 Å². The van der Waals surface area contributed by atoms with Gasteiger partial charge in [0, 0.05) is 12.6 Å². The van der Waals surface area contributed by atoms with Gasteiger partial charge in [0.1, 0.15) is 0 Å². The third kappa shape index (κ3) is 4.57. The van der Waals surface area contributed by atoms with Crippen LogP contribution in [0, 0.1) is 6.92 Å². The molecular formula is C14H22N2O.